The number of aryl methyl sites for hydroxylation is 1. The number of furan rings is 1. The molecule has 2 N–H and O–H groups in total. The van der Waals surface area contributed by atoms with Crippen LogP contribution in [0.1, 0.15) is 28.5 Å². The van der Waals surface area contributed by atoms with Crippen molar-refractivity contribution >= 4 is 23.2 Å². The lowest BCUT2D eigenvalue weighted by molar-refractivity contribution is -0.136. The van der Waals surface area contributed by atoms with Gasteiger partial charge in [0, 0.05) is 24.5 Å². The SMILES string of the molecule is Cc1cccc(NC(=O)C(=O)NCC(c2ccco2)N2CCc3ccccc32)c1C. The molecule has 2 aromatic carbocycles. The number of nitrogens with one attached hydrogen (secondary N) is 2. The summed E-state index contributed by atoms with van der Waals surface area (Å²) >= 11 is 0. The predicted octanol–water partition coefficient (Wildman–Crippen LogP) is 3.76. The van der Waals surface area contributed by atoms with E-state index in [0.29, 0.717) is 5.69 Å². The largest absolute Gasteiger partial charge is 0.467 e. The first-order valence-corrected chi connectivity index (χ1v) is 10.1. The van der Waals surface area contributed by atoms with Crippen molar-refractivity contribution in [1.29, 1.82) is 0 Å². The normalized spacial score (nSPS) is 13.6. The molecule has 6 heteroatoms. The van der Waals surface area contributed by atoms with Gasteiger partial charge in [0.05, 0.1) is 6.26 Å². The van der Waals surface area contributed by atoms with E-state index < -0.39 is 11.8 Å². The molecule has 1 atom stereocenters. The smallest absolute Gasteiger partial charge is 0.313 e. The molecule has 0 saturated carbocycles. The van der Waals surface area contributed by atoms with E-state index >= 15 is 0 Å². The molecule has 0 bridgehead atoms. The monoisotopic (exact) mass is 403 g/mol. The summed E-state index contributed by atoms with van der Waals surface area (Å²) in [7, 11) is 0. The van der Waals surface area contributed by atoms with Crippen LogP contribution in [-0.4, -0.2) is 24.9 Å². The van der Waals surface area contributed by atoms with Gasteiger partial charge >= 0.3 is 11.8 Å². The number of hydrogen-bond donors (Lipinski definition) is 2. The molecule has 1 aromatic heterocycles. The summed E-state index contributed by atoms with van der Waals surface area (Å²) in [4.78, 5) is 27.2. The molecule has 1 unspecified atom stereocenters. The summed E-state index contributed by atoms with van der Waals surface area (Å²) in [5.41, 5.74) is 5.05. The molecule has 0 radical (unpaired) electrons. The van der Waals surface area contributed by atoms with Crippen LogP contribution in [0.25, 0.3) is 0 Å². The van der Waals surface area contributed by atoms with Gasteiger partial charge in [0.15, 0.2) is 0 Å². The molecule has 6 nitrogen and oxygen atoms in total. The molecule has 1 aliphatic rings. The summed E-state index contributed by atoms with van der Waals surface area (Å²) in [5.74, 6) is -0.592. The maximum atomic E-state index is 12.5. The number of amides is 2. The van der Waals surface area contributed by atoms with Gasteiger partial charge in [-0.3, -0.25) is 9.59 Å². The molecule has 0 saturated heterocycles. The van der Waals surface area contributed by atoms with Crippen molar-refractivity contribution in [2.75, 3.05) is 23.3 Å². The number of para-hydroxylation sites is 1. The Morgan fingerprint density at radius 2 is 1.87 bits per heavy atom. The fourth-order valence-electron chi connectivity index (χ4n) is 3.87. The number of hydrogen-bond acceptors (Lipinski definition) is 4. The van der Waals surface area contributed by atoms with Gasteiger partial charge in [-0.15, -0.1) is 0 Å². The summed E-state index contributed by atoms with van der Waals surface area (Å²) in [6, 6.07) is 17.4. The Morgan fingerprint density at radius 1 is 1.03 bits per heavy atom. The minimum absolute atomic E-state index is 0.193. The minimum atomic E-state index is -0.677. The van der Waals surface area contributed by atoms with Crippen LogP contribution in [0, 0.1) is 13.8 Å². The predicted molar refractivity (Wildman–Crippen MR) is 116 cm³/mol. The van der Waals surface area contributed by atoms with Crippen molar-refractivity contribution in [2.45, 2.75) is 26.3 Å². The van der Waals surface area contributed by atoms with Crippen LogP contribution >= 0.6 is 0 Å². The molecule has 154 valence electrons. The molecule has 0 spiro atoms. The summed E-state index contributed by atoms with van der Waals surface area (Å²) in [5, 5.41) is 5.49. The molecule has 0 aliphatic carbocycles. The highest BCUT2D eigenvalue weighted by Gasteiger charge is 2.29. The van der Waals surface area contributed by atoms with Crippen molar-refractivity contribution < 1.29 is 14.0 Å². The van der Waals surface area contributed by atoms with Gasteiger partial charge < -0.3 is 20.0 Å². The van der Waals surface area contributed by atoms with Crippen molar-refractivity contribution in [2.24, 2.45) is 0 Å². The van der Waals surface area contributed by atoms with Gasteiger partial charge in [-0.1, -0.05) is 30.3 Å². The van der Waals surface area contributed by atoms with Crippen LogP contribution in [0.15, 0.2) is 65.3 Å². The van der Waals surface area contributed by atoms with Crippen molar-refractivity contribution in [1.82, 2.24) is 5.32 Å². The van der Waals surface area contributed by atoms with E-state index in [1.807, 2.05) is 50.2 Å². The second-order valence-corrected chi connectivity index (χ2v) is 7.51. The fraction of sp³-hybridized carbons (Fsp3) is 0.250. The Hall–Kier alpha value is -3.54. The number of nitrogens with zero attached hydrogens (tertiary/aromatic N) is 1. The highest BCUT2D eigenvalue weighted by molar-refractivity contribution is 6.39. The van der Waals surface area contributed by atoms with Gasteiger partial charge in [-0.05, 0) is 61.2 Å². The average Bonchev–Trinajstić information content (AvgIpc) is 3.42. The zero-order valence-electron chi connectivity index (χ0n) is 17.1. The molecule has 2 heterocycles. The van der Waals surface area contributed by atoms with Gasteiger partial charge in [0.25, 0.3) is 0 Å². The first kappa shape index (κ1) is 19.8. The minimum Gasteiger partial charge on any atom is -0.467 e. The van der Waals surface area contributed by atoms with Gasteiger partial charge in [0.2, 0.25) is 0 Å². The molecule has 30 heavy (non-hydrogen) atoms. The third kappa shape index (κ3) is 3.94. The first-order valence-electron chi connectivity index (χ1n) is 10.1. The summed E-state index contributed by atoms with van der Waals surface area (Å²) in [6.45, 7) is 4.98. The van der Waals surface area contributed by atoms with E-state index in [-0.39, 0.29) is 12.6 Å². The maximum Gasteiger partial charge on any atom is 0.313 e. The Balaban J connectivity index is 1.46. The fourth-order valence-corrected chi connectivity index (χ4v) is 3.87. The van der Waals surface area contributed by atoms with Gasteiger partial charge in [-0.2, -0.15) is 0 Å². The quantitative estimate of drug-likeness (QED) is 0.636. The topological polar surface area (TPSA) is 74.6 Å². The van der Waals surface area contributed by atoms with E-state index in [1.54, 1.807) is 12.3 Å². The third-order valence-electron chi connectivity index (χ3n) is 5.69. The van der Waals surface area contributed by atoms with Crippen molar-refractivity contribution in [3.63, 3.8) is 0 Å². The van der Waals surface area contributed by atoms with Crippen molar-refractivity contribution in [3.8, 4) is 0 Å². The first-order chi connectivity index (χ1) is 14.5. The summed E-state index contributed by atoms with van der Waals surface area (Å²) in [6.07, 6.45) is 2.56. The van der Waals surface area contributed by atoms with E-state index in [2.05, 4.69) is 27.7 Å². The number of carbonyl (C=O) groups is 2. The molecule has 3 aromatic rings. The third-order valence-corrected chi connectivity index (χ3v) is 5.69. The van der Waals surface area contributed by atoms with Gasteiger partial charge in [0.1, 0.15) is 11.8 Å². The lowest BCUT2D eigenvalue weighted by Gasteiger charge is -2.29. The van der Waals surface area contributed by atoms with Crippen LogP contribution in [0.2, 0.25) is 0 Å². The van der Waals surface area contributed by atoms with Crippen molar-refractivity contribution in [3.05, 3.63) is 83.3 Å². The number of rotatable bonds is 5. The van der Waals surface area contributed by atoms with Crippen LogP contribution in [0.5, 0.6) is 0 Å². The maximum absolute atomic E-state index is 12.5. The van der Waals surface area contributed by atoms with Crippen LogP contribution < -0.4 is 15.5 Å². The van der Waals surface area contributed by atoms with E-state index in [4.69, 9.17) is 4.42 Å². The lowest BCUT2D eigenvalue weighted by atomic mass is 10.1. The van der Waals surface area contributed by atoms with E-state index in [9.17, 15) is 9.59 Å². The van der Waals surface area contributed by atoms with Gasteiger partial charge in [-0.25, -0.2) is 0 Å². The van der Waals surface area contributed by atoms with Crippen LogP contribution in [0.4, 0.5) is 11.4 Å². The second kappa shape index (κ2) is 8.45. The standard InChI is InChI=1S/C24H25N3O3/c1-16-7-5-9-19(17(16)2)26-24(29)23(28)25-15-21(22-11-6-14-30-22)27-13-12-18-8-3-4-10-20(18)27/h3-11,14,21H,12-13,15H2,1-2H3,(H,25,28)(H,26,29). The molecule has 0 fully saturated rings. The highest BCUT2D eigenvalue weighted by atomic mass is 16.3. The zero-order chi connectivity index (χ0) is 21.1. The Morgan fingerprint density at radius 3 is 2.67 bits per heavy atom. The van der Waals surface area contributed by atoms with E-state index in [1.165, 1.54) is 5.56 Å². The second-order valence-electron chi connectivity index (χ2n) is 7.51. The molecule has 2 amide bonds. The average molecular weight is 403 g/mol. The zero-order valence-corrected chi connectivity index (χ0v) is 17.1. The molecular weight excluding hydrogens is 378 g/mol. The number of carbonyl (C=O) groups excluding carboxylic acids is 2. The highest BCUT2D eigenvalue weighted by Crippen LogP contribution is 2.34. The Labute approximate surface area is 175 Å². The molecule has 1 aliphatic heterocycles. The molecule has 4 rings (SSSR count). The lowest BCUT2D eigenvalue weighted by Crippen LogP contribution is -2.41. The number of benzene rings is 2. The molecular formula is C24H25N3O3. The number of fused-ring (bicyclic) bond motifs is 1. The van der Waals surface area contributed by atoms with Crippen LogP contribution in [0.3, 0.4) is 0 Å². The Bertz CT molecular complexity index is 1060. The van der Waals surface area contributed by atoms with Crippen LogP contribution in [-0.2, 0) is 16.0 Å². The van der Waals surface area contributed by atoms with E-state index in [0.717, 1.165) is 35.5 Å². The Kier molecular flexibility index (Phi) is 5.57. The summed E-state index contributed by atoms with van der Waals surface area (Å²) < 4.78 is 5.65. The number of anilines is 2.